The van der Waals surface area contributed by atoms with Crippen LogP contribution < -0.4 is 5.73 Å². The van der Waals surface area contributed by atoms with Gasteiger partial charge in [0.25, 0.3) is 0 Å². The van der Waals surface area contributed by atoms with Crippen LogP contribution in [0.15, 0.2) is 12.1 Å². The quantitative estimate of drug-likeness (QED) is 0.766. The van der Waals surface area contributed by atoms with E-state index in [4.69, 9.17) is 5.73 Å². The van der Waals surface area contributed by atoms with Crippen molar-refractivity contribution in [1.29, 1.82) is 0 Å². The summed E-state index contributed by atoms with van der Waals surface area (Å²) in [7, 11) is 0. The average Bonchev–Trinajstić information content (AvgIpc) is 2.75. The molecule has 2 rings (SSSR count). The standard InChI is InChI=1S/C12H20N2/c1-10-5-6-11(2)14(10)12(9-13)7-3-4-8-12/h5-6H,3-4,7-9,13H2,1-2H3. The predicted molar refractivity (Wildman–Crippen MR) is 59.4 cm³/mol. The fraction of sp³-hybridized carbons (Fsp3) is 0.667. The summed E-state index contributed by atoms with van der Waals surface area (Å²) in [6, 6.07) is 4.40. The number of hydrogen-bond acceptors (Lipinski definition) is 1. The van der Waals surface area contributed by atoms with Gasteiger partial charge in [-0.3, -0.25) is 0 Å². The van der Waals surface area contributed by atoms with Crippen LogP contribution in [0, 0.1) is 13.8 Å². The Morgan fingerprint density at radius 3 is 2.14 bits per heavy atom. The van der Waals surface area contributed by atoms with Crippen molar-refractivity contribution in [3.05, 3.63) is 23.5 Å². The number of nitrogens with zero attached hydrogens (tertiary/aromatic N) is 1. The number of hydrogen-bond donors (Lipinski definition) is 1. The molecule has 1 aliphatic carbocycles. The summed E-state index contributed by atoms with van der Waals surface area (Å²) in [6.07, 6.45) is 5.15. The first kappa shape index (κ1) is 9.78. The fourth-order valence-electron chi connectivity index (χ4n) is 2.97. The van der Waals surface area contributed by atoms with Gasteiger partial charge in [0.2, 0.25) is 0 Å². The molecule has 0 spiro atoms. The highest BCUT2D eigenvalue weighted by molar-refractivity contribution is 5.18. The number of rotatable bonds is 2. The molecule has 0 unspecified atom stereocenters. The van der Waals surface area contributed by atoms with Crippen LogP contribution in [-0.4, -0.2) is 11.1 Å². The third-order valence-corrected chi connectivity index (χ3v) is 3.66. The zero-order chi connectivity index (χ0) is 10.2. The van der Waals surface area contributed by atoms with E-state index < -0.39 is 0 Å². The van der Waals surface area contributed by atoms with Gasteiger partial charge in [0.05, 0.1) is 5.54 Å². The molecule has 1 fully saturated rings. The Bertz CT molecular complexity index is 300. The van der Waals surface area contributed by atoms with Gasteiger partial charge >= 0.3 is 0 Å². The van der Waals surface area contributed by atoms with Gasteiger partial charge in [-0.25, -0.2) is 0 Å². The number of aryl methyl sites for hydroxylation is 2. The molecule has 0 saturated heterocycles. The molecule has 0 atom stereocenters. The summed E-state index contributed by atoms with van der Waals surface area (Å²) < 4.78 is 2.46. The first-order chi connectivity index (χ1) is 6.69. The molecule has 0 aliphatic heterocycles. The zero-order valence-electron chi connectivity index (χ0n) is 9.21. The second kappa shape index (κ2) is 3.43. The Balaban J connectivity index is 2.45. The predicted octanol–water partition coefficient (Wildman–Crippen LogP) is 2.33. The van der Waals surface area contributed by atoms with Gasteiger partial charge in [0, 0.05) is 17.9 Å². The van der Waals surface area contributed by atoms with Gasteiger partial charge in [-0.2, -0.15) is 0 Å². The lowest BCUT2D eigenvalue weighted by Gasteiger charge is -2.32. The van der Waals surface area contributed by atoms with Crippen molar-refractivity contribution >= 4 is 0 Å². The molecule has 1 aromatic rings. The Hall–Kier alpha value is -0.760. The van der Waals surface area contributed by atoms with Crippen LogP contribution in [0.4, 0.5) is 0 Å². The Morgan fingerprint density at radius 2 is 1.71 bits per heavy atom. The van der Waals surface area contributed by atoms with E-state index in [9.17, 15) is 0 Å². The van der Waals surface area contributed by atoms with Gasteiger partial charge in [-0.15, -0.1) is 0 Å². The smallest absolute Gasteiger partial charge is 0.0566 e. The van der Waals surface area contributed by atoms with Crippen molar-refractivity contribution in [3.8, 4) is 0 Å². The molecule has 2 N–H and O–H groups in total. The summed E-state index contributed by atoms with van der Waals surface area (Å²) in [5.74, 6) is 0. The van der Waals surface area contributed by atoms with E-state index in [1.807, 2.05) is 0 Å². The minimum atomic E-state index is 0.234. The normalized spacial score (nSPS) is 20.2. The molecule has 2 heteroatoms. The first-order valence-electron chi connectivity index (χ1n) is 5.55. The van der Waals surface area contributed by atoms with Crippen molar-refractivity contribution in [3.63, 3.8) is 0 Å². The van der Waals surface area contributed by atoms with Crippen LogP contribution >= 0.6 is 0 Å². The van der Waals surface area contributed by atoms with Crippen LogP contribution in [0.25, 0.3) is 0 Å². The lowest BCUT2D eigenvalue weighted by Crippen LogP contribution is -2.39. The molecular formula is C12H20N2. The molecule has 14 heavy (non-hydrogen) atoms. The molecule has 0 aromatic carbocycles. The van der Waals surface area contributed by atoms with E-state index >= 15 is 0 Å². The Labute approximate surface area is 86.1 Å². The Morgan fingerprint density at radius 1 is 1.21 bits per heavy atom. The van der Waals surface area contributed by atoms with Gasteiger partial charge < -0.3 is 10.3 Å². The maximum absolute atomic E-state index is 5.98. The van der Waals surface area contributed by atoms with Gasteiger partial charge in [-0.1, -0.05) is 12.8 Å². The van der Waals surface area contributed by atoms with Crippen LogP contribution in [0.5, 0.6) is 0 Å². The molecule has 1 saturated carbocycles. The fourth-order valence-corrected chi connectivity index (χ4v) is 2.97. The van der Waals surface area contributed by atoms with Gasteiger partial charge in [-0.05, 0) is 38.8 Å². The van der Waals surface area contributed by atoms with Crippen LogP contribution in [0.3, 0.4) is 0 Å². The van der Waals surface area contributed by atoms with Gasteiger partial charge in [0.1, 0.15) is 0 Å². The summed E-state index contributed by atoms with van der Waals surface area (Å²) in [5, 5.41) is 0. The molecular weight excluding hydrogens is 172 g/mol. The second-order valence-electron chi connectivity index (χ2n) is 4.59. The average molecular weight is 192 g/mol. The molecule has 78 valence electrons. The Kier molecular flexibility index (Phi) is 2.40. The summed E-state index contributed by atoms with van der Waals surface area (Å²) in [6.45, 7) is 5.15. The van der Waals surface area contributed by atoms with Crippen molar-refractivity contribution in [2.24, 2.45) is 5.73 Å². The molecule has 2 nitrogen and oxygen atoms in total. The van der Waals surface area contributed by atoms with Crippen molar-refractivity contribution in [1.82, 2.24) is 4.57 Å². The van der Waals surface area contributed by atoms with Crippen LogP contribution in [-0.2, 0) is 5.54 Å². The van der Waals surface area contributed by atoms with Crippen molar-refractivity contribution in [2.45, 2.75) is 45.1 Å². The number of nitrogens with two attached hydrogens (primary N) is 1. The van der Waals surface area contributed by atoms with E-state index in [2.05, 4.69) is 30.5 Å². The topological polar surface area (TPSA) is 30.9 Å². The van der Waals surface area contributed by atoms with Crippen molar-refractivity contribution < 1.29 is 0 Å². The van der Waals surface area contributed by atoms with E-state index in [1.165, 1.54) is 37.1 Å². The SMILES string of the molecule is Cc1ccc(C)n1C1(CN)CCCC1. The van der Waals surface area contributed by atoms with Gasteiger partial charge in [0.15, 0.2) is 0 Å². The van der Waals surface area contributed by atoms with Crippen LogP contribution in [0.1, 0.15) is 37.1 Å². The van der Waals surface area contributed by atoms with E-state index in [1.54, 1.807) is 0 Å². The molecule has 1 aromatic heterocycles. The first-order valence-corrected chi connectivity index (χ1v) is 5.55. The van der Waals surface area contributed by atoms with E-state index in [0.717, 1.165) is 6.54 Å². The minimum Gasteiger partial charge on any atom is -0.342 e. The third-order valence-electron chi connectivity index (χ3n) is 3.66. The maximum atomic E-state index is 5.98. The summed E-state index contributed by atoms with van der Waals surface area (Å²) in [4.78, 5) is 0. The largest absolute Gasteiger partial charge is 0.342 e. The maximum Gasteiger partial charge on any atom is 0.0566 e. The molecule has 1 aliphatic rings. The van der Waals surface area contributed by atoms with Crippen LogP contribution in [0.2, 0.25) is 0 Å². The molecule has 1 heterocycles. The monoisotopic (exact) mass is 192 g/mol. The van der Waals surface area contributed by atoms with E-state index in [0.29, 0.717) is 0 Å². The minimum absolute atomic E-state index is 0.234. The highest BCUT2D eigenvalue weighted by atomic mass is 15.1. The summed E-state index contributed by atoms with van der Waals surface area (Å²) >= 11 is 0. The van der Waals surface area contributed by atoms with E-state index in [-0.39, 0.29) is 5.54 Å². The molecule has 0 amide bonds. The number of aromatic nitrogens is 1. The highest BCUT2D eigenvalue weighted by Gasteiger charge is 2.35. The second-order valence-corrected chi connectivity index (χ2v) is 4.59. The highest BCUT2D eigenvalue weighted by Crippen LogP contribution is 2.37. The molecule has 0 radical (unpaired) electrons. The summed E-state index contributed by atoms with van der Waals surface area (Å²) in [5.41, 5.74) is 8.92. The van der Waals surface area contributed by atoms with Crippen molar-refractivity contribution in [2.75, 3.05) is 6.54 Å². The zero-order valence-corrected chi connectivity index (χ0v) is 9.21. The molecule has 0 bridgehead atoms. The lowest BCUT2D eigenvalue weighted by molar-refractivity contribution is 0.294. The third kappa shape index (κ3) is 1.29. The lowest BCUT2D eigenvalue weighted by atomic mass is 9.96.